The number of carboxylic acid groups (broad SMARTS) is 1. The Hall–Kier alpha value is -1.29. The summed E-state index contributed by atoms with van der Waals surface area (Å²) in [7, 11) is 2.82. The highest BCUT2D eigenvalue weighted by Gasteiger charge is 2.23. The van der Waals surface area contributed by atoms with Crippen LogP contribution in [0.1, 0.15) is 42.7 Å². The van der Waals surface area contributed by atoms with Gasteiger partial charge in [-0.05, 0) is 5.92 Å². The van der Waals surface area contributed by atoms with Crippen LogP contribution in [-0.2, 0) is 11.3 Å². The molecule has 0 aliphatic rings. The first-order valence-electron chi connectivity index (χ1n) is 7.41. The Kier molecular flexibility index (Phi) is 9.12. The van der Waals surface area contributed by atoms with E-state index in [1.807, 2.05) is 13.8 Å². The molecule has 0 aromatic carbocycles. The van der Waals surface area contributed by atoms with Crippen LogP contribution in [0.25, 0.3) is 0 Å². The molecule has 1 heterocycles. The molecule has 0 fully saturated rings. The molecular weight excluding hydrogens is 360 g/mol. The highest BCUT2D eigenvalue weighted by Crippen LogP contribution is 2.23. The van der Waals surface area contributed by atoms with Gasteiger partial charge in [0.25, 0.3) is 12.3 Å². The highest BCUT2D eigenvalue weighted by molar-refractivity contribution is 8.76. The number of alkyl halides is 2. The number of hydrogen-bond acceptors (Lipinski definition) is 5. The van der Waals surface area contributed by atoms with Gasteiger partial charge in [-0.25, -0.2) is 8.78 Å². The predicted molar refractivity (Wildman–Crippen MR) is 91.5 cm³/mol. The Morgan fingerprint density at radius 2 is 2.00 bits per heavy atom. The molecule has 1 amide bonds. The van der Waals surface area contributed by atoms with E-state index in [0.717, 1.165) is 0 Å². The van der Waals surface area contributed by atoms with Gasteiger partial charge >= 0.3 is 5.97 Å². The van der Waals surface area contributed by atoms with Crippen molar-refractivity contribution in [1.82, 2.24) is 15.1 Å². The molecule has 136 valence electrons. The third-order valence-corrected chi connectivity index (χ3v) is 5.16. The number of carboxylic acids is 1. The van der Waals surface area contributed by atoms with E-state index >= 15 is 0 Å². The number of rotatable bonds is 11. The zero-order valence-corrected chi connectivity index (χ0v) is 15.1. The Balaban J connectivity index is 2.46. The van der Waals surface area contributed by atoms with Crippen LogP contribution < -0.4 is 5.32 Å². The Bertz CT molecular complexity index is 553. The molecule has 0 aliphatic carbocycles. The van der Waals surface area contributed by atoms with E-state index in [-0.39, 0.29) is 17.9 Å². The summed E-state index contributed by atoms with van der Waals surface area (Å²) in [6, 6.07) is 0. The Morgan fingerprint density at radius 1 is 1.33 bits per heavy atom. The lowest BCUT2D eigenvalue weighted by Gasteiger charge is -2.04. The maximum absolute atomic E-state index is 13.0. The zero-order valence-electron chi connectivity index (χ0n) is 13.5. The first kappa shape index (κ1) is 20.8. The molecule has 0 radical (unpaired) electrons. The molecule has 0 saturated heterocycles. The second-order valence-electron chi connectivity index (χ2n) is 5.39. The van der Waals surface area contributed by atoms with Gasteiger partial charge in [0.05, 0.1) is 12.0 Å². The smallest absolute Gasteiger partial charge is 0.304 e. The molecule has 0 unspecified atom stereocenters. The molecule has 6 nitrogen and oxygen atoms in total. The monoisotopic (exact) mass is 381 g/mol. The zero-order chi connectivity index (χ0) is 18.1. The molecule has 24 heavy (non-hydrogen) atoms. The Labute approximate surface area is 147 Å². The molecule has 10 heteroatoms. The summed E-state index contributed by atoms with van der Waals surface area (Å²) in [4.78, 5) is 22.4. The van der Waals surface area contributed by atoms with Crippen molar-refractivity contribution in [1.29, 1.82) is 0 Å². The van der Waals surface area contributed by atoms with Crippen molar-refractivity contribution >= 4 is 33.5 Å². The molecule has 2 N–H and O–H groups in total. The number of hydrogen-bond donors (Lipinski definition) is 2. The van der Waals surface area contributed by atoms with Crippen LogP contribution in [0.4, 0.5) is 8.78 Å². The van der Waals surface area contributed by atoms with Crippen molar-refractivity contribution < 1.29 is 23.5 Å². The average molecular weight is 381 g/mol. The first-order valence-corrected chi connectivity index (χ1v) is 9.90. The van der Waals surface area contributed by atoms with Crippen LogP contribution >= 0.6 is 21.6 Å². The van der Waals surface area contributed by atoms with E-state index in [4.69, 9.17) is 5.11 Å². The van der Waals surface area contributed by atoms with Crippen LogP contribution in [0.3, 0.4) is 0 Å². The van der Waals surface area contributed by atoms with Gasteiger partial charge in [-0.1, -0.05) is 35.4 Å². The summed E-state index contributed by atoms with van der Waals surface area (Å²) in [5.41, 5.74) is -0.606. The third kappa shape index (κ3) is 7.52. The van der Waals surface area contributed by atoms with Gasteiger partial charge in [-0.3, -0.25) is 14.3 Å². The number of aliphatic carboxylic acids is 1. The lowest BCUT2D eigenvalue weighted by Crippen LogP contribution is -2.26. The van der Waals surface area contributed by atoms with Crippen molar-refractivity contribution in [3.8, 4) is 0 Å². The van der Waals surface area contributed by atoms with Gasteiger partial charge in [0.15, 0.2) is 0 Å². The van der Waals surface area contributed by atoms with E-state index in [1.165, 1.54) is 32.5 Å². The number of halogens is 2. The Morgan fingerprint density at radius 3 is 2.58 bits per heavy atom. The van der Waals surface area contributed by atoms with Gasteiger partial charge < -0.3 is 10.4 Å². The maximum atomic E-state index is 13.0. The van der Waals surface area contributed by atoms with Crippen molar-refractivity contribution in [3.63, 3.8) is 0 Å². The lowest BCUT2D eigenvalue weighted by atomic mass is 10.2. The van der Waals surface area contributed by atoms with Crippen molar-refractivity contribution in [3.05, 3.63) is 17.5 Å². The number of aromatic nitrogens is 2. The summed E-state index contributed by atoms with van der Waals surface area (Å²) in [5.74, 6) is -0.164. The predicted octanol–water partition coefficient (Wildman–Crippen LogP) is 3.06. The fraction of sp³-hybridized carbons (Fsp3) is 0.643. The van der Waals surface area contributed by atoms with Gasteiger partial charge in [0, 0.05) is 30.8 Å². The topological polar surface area (TPSA) is 84.2 Å². The molecule has 1 aromatic rings. The average Bonchev–Trinajstić information content (AvgIpc) is 2.89. The van der Waals surface area contributed by atoms with E-state index in [9.17, 15) is 18.4 Å². The number of amides is 1. The van der Waals surface area contributed by atoms with E-state index in [0.29, 0.717) is 24.6 Å². The SMILES string of the molecule is CC(C)Cn1cc(C(=O)NCCSSCCC(=O)O)c(C(F)F)n1. The van der Waals surface area contributed by atoms with Crippen molar-refractivity contribution in [2.75, 3.05) is 18.1 Å². The summed E-state index contributed by atoms with van der Waals surface area (Å²) in [6.45, 7) is 4.64. The minimum atomic E-state index is -2.81. The summed E-state index contributed by atoms with van der Waals surface area (Å²) >= 11 is 0. The molecule has 1 aromatic heterocycles. The molecular formula is C14H21F2N3O3S2. The summed E-state index contributed by atoms with van der Waals surface area (Å²) in [6.07, 6.45) is -1.37. The molecule has 0 bridgehead atoms. The highest BCUT2D eigenvalue weighted by atomic mass is 33.1. The van der Waals surface area contributed by atoms with Crippen molar-refractivity contribution in [2.24, 2.45) is 5.92 Å². The largest absolute Gasteiger partial charge is 0.481 e. The van der Waals surface area contributed by atoms with Crippen LogP contribution in [0, 0.1) is 5.92 Å². The van der Waals surface area contributed by atoms with Crippen molar-refractivity contribution in [2.45, 2.75) is 33.2 Å². The molecule has 0 spiro atoms. The van der Waals surface area contributed by atoms with Crippen LogP contribution in [0.2, 0.25) is 0 Å². The first-order chi connectivity index (χ1) is 11.3. The standard InChI is InChI=1S/C14H21F2N3O3S2/c1-9(2)7-19-8-10(12(18-19)13(15)16)14(22)17-4-6-24-23-5-3-11(20)21/h8-9,13H,3-7H2,1-2H3,(H,17,22)(H,20,21). The lowest BCUT2D eigenvalue weighted by molar-refractivity contribution is -0.136. The minimum absolute atomic E-state index is 0.0802. The normalized spacial score (nSPS) is 11.2. The fourth-order valence-electron chi connectivity index (χ4n) is 1.79. The van der Waals surface area contributed by atoms with E-state index in [2.05, 4.69) is 10.4 Å². The maximum Gasteiger partial charge on any atom is 0.304 e. The van der Waals surface area contributed by atoms with Gasteiger partial charge in [0.2, 0.25) is 0 Å². The second kappa shape index (κ2) is 10.5. The molecule has 0 atom stereocenters. The van der Waals surface area contributed by atoms with Gasteiger partial charge in [0.1, 0.15) is 5.69 Å². The van der Waals surface area contributed by atoms with Gasteiger partial charge in [-0.2, -0.15) is 5.10 Å². The number of nitrogens with zero attached hydrogens (tertiary/aromatic N) is 2. The second-order valence-corrected chi connectivity index (χ2v) is 8.09. The summed E-state index contributed by atoms with van der Waals surface area (Å²) < 4.78 is 27.4. The quantitative estimate of drug-likeness (QED) is 0.453. The summed E-state index contributed by atoms with van der Waals surface area (Å²) in [5, 5.41) is 14.9. The minimum Gasteiger partial charge on any atom is -0.481 e. The molecule has 0 aliphatic heterocycles. The van der Waals surface area contributed by atoms with E-state index < -0.39 is 24.0 Å². The van der Waals surface area contributed by atoms with Crippen LogP contribution in [0.5, 0.6) is 0 Å². The number of carbonyl (C=O) groups is 2. The van der Waals surface area contributed by atoms with E-state index in [1.54, 1.807) is 0 Å². The van der Waals surface area contributed by atoms with Gasteiger partial charge in [-0.15, -0.1) is 0 Å². The number of nitrogens with one attached hydrogen (secondary N) is 1. The number of carbonyl (C=O) groups excluding carboxylic acids is 1. The fourth-order valence-corrected chi connectivity index (χ4v) is 3.67. The molecule has 1 rings (SSSR count). The van der Waals surface area contributed by atoms with Crippen LogP contribution in [0.15, 0.2) is 6.20 Å². The van der Waals surface area contributed by atoms with Crippen LogP contribution in [-0.4, -0.2) is 44.8 Å². The third-order valence-electron chi connectivity index (χ3n) is 2.75. The molecule has 0 saturated carbocycles.